The van der Waals surface area contributed by atoms with Gasteiger partial charge in [0.1, 0.15) is 4.90 Å². The average molecular weight is 462 g/mol. The van der Waals surface area contributed by atoms with E-state index >= 15 is 0 Å². The number of anilines is 1. The first-order valence-corrected chi connectivity index (χ1v) is 10.7. The Morgan fingerprint density at radius 1 is 1.20 bits per heavy atom. The number of unbranched alkanes of at least 4 members (excludes halogenated alkanes) is 3. The van der Waals surface area contributed by atoms with E-state index in [1.54, 1.807) is 17.7 Å². The summed E-state index contributed by atoms with van der Waals surface area (Å²) in [5, 5.41) is 13.2. The Kier molecular flexibility index (Phi) is 11.4. The largest absolute Gasteiger partial charge is 1.00 e. The fraction of sp³-hybridized carbons (Fsp3) is 0.421. The zero-order valence-electron chi connectivity index (χ0n) is 17.1. The number of imidazole rings is 1. The van der Waals surface area contributed by atoms with Gasteiger partial charge in [-0.15, -0.1) is 0 Å². The van der Waals surface area contributed by atoms with Crippen LogP contribution in [0.1, 0.15) is 49.4 Å². The fourth-order valence-corrected chi connectivity index (χ4v) is 3.55. The van der Waals surface area contributed by atoms with E-state index in [0.717, 1.165) is 31.7 Å². The van der Waals surface area contributed by atoms with Crippen molar-refractivity contribution in [2.24, 2.45) is 5.92 Å². The number of carboxylic acids is 1. The van der Waals surface area contributed by atoms with E-state index in [1.807, 2.05) is 0 Å². The number of hydrogen-bond acceptors (Lipinski definition) is 6. The summed E-state index contributed by atoms with van der Waals surface area (Å²) >= 11 is 0. The number of carbonyl (C=O) groups excluding carboxylic acids is 2. The molecule has 1 amide bonds. The number of benzene rings is 1. The topological polar surface area (TPSA) is 141 Å². The van der Waals surface area contributed by atoms with Gasteiger partial charge >= 0.3 is 51.4 Å². The summed E-state index contributed by atoms with van der Waals surface area (Å²) in [7, 11) is -4.53. The molecule has 0 spiro atoms. The molecule has 0 bridgehead atoms. The van der Waals surface area contributed by atoms with Crippen LogP contribution in [0, 0.1) is 5.92 Å². The predicted molar refractivity (Wildman–Crippen MR) is 104 cm³/mol. The number of amides is 1. The summed E-state index contributed by atoms with van der Waals surface area (Å²) in [4.78, 5) is 26.8. The van der Waals surface area contributed by atoms with Crippen LogP contribution < -0.4 is 61.8 Å². The maximum Gasteiger partial charge on any atom is 1.00 e. The number of aliphatic carboxylic acids is 1. The van der Waals surface area contributed by atoms with Crippen LogP contribution in [0.5, 0.6) is 0 Å². The number of aryl methyl sites for hydroxylation is 1. The number of carboxylic acid groups (broad SMARTS) is 1. The number of aromatic nitrogens is 2. The van der Waals surface area contributed by atoms with Crippen molar-refractivity contribution in [1.29, 1.82) is 0 Å². The van der Waals surface area contributed by atoms with Gasteiger partial charge in [0.15, 0.2) is 0 Å². The molecule has 1 heterocycles. The Labute approximate surface area is 218 Å². The Morgan fingerprint density at radius 2 is 1.87 bits per heavy atom. The summed E-state index contributed by atoms with van der Waals surface area (Å²) in [6.07, 6.45) is 7.18. The minimum atomic E-state index is -4.53. The summed E-state index contributed by atoms with van der Waals surface area (Å²) in [5.41, 5.74) is -0.174. The summed E-state index contributed by atoms with van der Waals surface area (Å²) in [5.74, 6) is -1.90. The number of hydrogen-bond donors (Lipinski definition) is 2. The maximum atomic E-state index is 12.5. The van der Waals surface area contributed by atoms with E-state index in [-0.39, 0.29) is 62.9 Å². The Bertz CT molecular complexity index is 961. The molecule has 1 aromatic carbocycles. The molecule has 0 aliphatic carbocycles. The SMILES string of the molecule is C[C@H](CCCCCCn1ccnc1NC(=O)c1ccccc1S(=O)(=O)O)C(=O)[O-].[K+]. The molecule has 158 valence electrons. The van der Waals surface area contributed by atoms with E-state index in [0.29, 0.717) is 13.0 Å². The molecule has 2 aromatic rings. The van der Waals surface area contributed by atoms with Crippen molar-refractivity contribution in [1.82, 2.24) is 9.55 Å². The monoisotopic (exact) mass is 461 g/mol. The first-order chi connectivity index (χ1) is 13.7. The number of nitrogens with zero attached hydrogens (tertiary/aromatic N) is 2. The van der Waals surface area contributed by atoms with Crippen LogP contribution >= 0.6 is 0 Å². The normalized spacial score (nSPS) is 12.1. The third-order valence-corrected chi connectivity index (χ3v) is 5.45. The van der Waals surface area contributed by atoms with Gasteiger partial charge in [0.2, 0.25) is 5.95 Å². The van der Waals surface area contributed by atoms with Gasteiger partial charge in [0.25, 0.3) is 16.0 Å². The van der Waals surface area contributed by atoms with Gasteiger partial charge in [0, 0.05) is 24.9 Å². The summed E-state index contributed by atoms with van der Waals surface area (Å²) in [6.45, 7) is 2.22. The molecule has 0 unspecified atom stereocenters. The van der Waals surface area contributed by atoms with Crippen LogP contribution in [0.4, 0.5) is 5.95 Å². The minimum Gasteiger partial charge on any atom is -0.550 e. The molecule has 0 saturated heterocycles. The molecule has 0 radical (unpaired) electrons. The molecule has 0 aliphatic heterocycles. The number of nitrogens with one attached hydrogen (secondary N) is 1. The van der Waals surface area contributed by atoms with Crippen molar-refractivity contribution in [2.45, 2.75) is 50.5 Å². The first kappa shape index (κ1) is 27.0. The summed E-state index contributed by atoms with van der Waals surface area (Å²) in [6, 6.07) is 5.36. The van der Waals surface area contributed by atoms with Gasteiger partial charge < -0.3 is 14.5 Å². The number of rotatable bonds is 11. The summed E-state index contributed by atoms with van der Waals surface area (Å²) < 4.78 is 33.9. The predicted octanol–water partition coefficient (Wildman–Crippen LogP) is -1.28. The van der Waals surface area contributed by atoms with E-state index in [1.165, 1.54) is 24.4 Å². The second-order valence-electron chi connectivity index (χ2n) is 6.79. The smallest absolute Gasteiger partial charge is 0.550 e. The number of carbonyl (C=O) groups is 2. The van der Waals surface area contributed by atoms with Crippen molar-refractivity contribution in [3.05, 3.63) is 42.2 Å². The molecule has 1 atom stereocenters. The van der Waals surface area contributed by atoms with Crippen LogP contribution in [0.15, 0.2) is 41.6 Å². The van der Waals surface area contributed by atoms with Crippen LogP contribution in [-0.2, 0) is 21.5 Å². The standard InChI is InChI=1S/C19H25N3O6S.K/c1-14(18(24)25)8-4-2-3-7-12-22-13-11-20-19(22)21-17(23)15-9-5-6-10-16(15)29(26,27)28;/h5-6,9-11,13-14H,2-4,7-8,12H2,1H3,(H,24,25)(H,20,21,23)(H,26,27,28);/q;+1/p-1/t14-;/m1./s1. The van der Waals surface area contributed by atoms with Crippen LogP contribution in [0.25, 0.3) is 0 Å². The molecule has 30 heavy (non-hydrogen) atoms. The van der Waals surface area contributed by atoms with Gasteiger partial charge in [-0.1, -0.05) is 38.3 Å². The van der Waals surface area contributed by atoms with E-state index < -0.39 is 32.8 Å². The first-order valence-electron chi connectivity index (χ1n) is 9.30. The zero-order chi connectivity index (χ0) is 21.4. The maximum absolute atomic E-state index is 12.5. The Morgan fingerprint density at radius 3 is 2.53 bits per heavy atom. The molecule has 2 N–H and O–H groups in total. The van der Waals surface area contributed by atoms with E-state index in [9.17, 15) is 27.7 Å². The molecule has 0 saturated carbocycles. The third-order valence-electron chi connectivity index (χ3n) is 4.54. The molecular weight excluding hydrogens is 437 g/mol. The quantitative estimate of drug-likeness (QED) is 0.241. The molecular formula is C19H24KN3O6S. The molecule has 2 rings (SSSR count). The van der Waals surface area contributed by atoms with Crippen LogP contribution in [-0.4, -0.2) is 34.4 Å². The molecule has 11 heteroatoms. The van der Waals surface area contributed by atoms with Crippen molar-refractivity contribution >= 4 is 27.9 Å². The molecule has 1 aromatic heterocycles. The van der Waals surface area contributed by atoms with Crippen molar-refractivity contribution < 1.29 is 79.1 Å². The van der Waals surface area contributed by atoms with Crippen LogP contribution in [0.2, 0.25) is 0 Å². The second kappa shape index (κ2) is 12.7. The zero-order valence-corrected chi connectivity index (χ0v) is 21.0. The molecule has 9 nitrogen and oxygen atoms in total. The second-order valence-corrected chi connectivity index (χ2v) is 8.18. The van der Waals surface area contributed by atoms with Crippen molar-refractivity contribution in [2.75, 3.05) is 5.32 Å². The Hall–Kier alpha value is -1.08. The molecule has 0 aliphatic rings. The third kappa shape index (κ3) is 8.21. The Balaban J connectivity index is 0.00000450. The van der Waals surface area contributed by atoms with Gasteiger partial charge in [-0.05, 0) is 30.9 Å². The van der Waals surface area contributed by atoms with Crippen molar-refractivity contribution in [3.63, 3.8) is 0 Å². The molecule has 0 fully saturated rings. The van der Waals surface area contributed by atoms with Crippen LogP contribution in [0.3, 0.4) is 0 Å². The van der Waals surface area contributed by atoms with Gasteiger partial charge in [-0.3, -0.25) is 14.7 Å². The van der Waals surface area contributed by atoms with Gasteiger partial charge in [0.05, 0.1) is 5.56 Å². The van der Waals surface area contributed by atoms with Crippen molar-refractivity contribution in [3.8, 4) is 0 Å². The van der Waals surface area contributed by atoms with Gasteiger partial charge in [-0.25, -0.2) is 4.98 Å². The average Bonchev–Trinajstić information content (AvgIpc) is 3.10. The minimum absolute atomic E-state index is 0. The van der Waals surface area contributed by atoms with Gasteiger partial charge in [-0.2, -0.15) is 8.42 Å². The van der Waals surface area contributed by atoms with E-state index in [4.69, 9.17) is 0 Å². The fourth-order valence-electron chi connectivity index (χ4n) is 2.87. The van der Waals surface area contributed by atoms with E-state index in [2.05, 4.69) is 10.3 Å².